The minimum Gasteiger partial charge on any atom is -0.475 e. The maximum atomic E-state index is 11.2. The number of methoxy groups -OCH3 is 1. The van der Waals surface area contributed by atoms with E-state index in [1.807, 2.05) is 18.2 Å². The first-order valence-corrected chi connectivity index (χ1v) is 6.67. The lowest BCUT2D eigenvalue weighted by Gasteiger charge is -2.04. The number of nitrogens with one attached hydrogen (secondary N) is 1. The van der Waals surface area contributed by atoms with E-state index in [-0.39, 0.29) is 5.76 Å². The van der Waals surface area contributed by atoms with Crippen molar-refractivity contribution in [3.05, 3.63) is 35.6 Å². The predicted molar refractivity (Wildman–Crippen MR) is 76.0 cm³/mol. The first-order chi connectivity index (χ1) is 9.74. The van der Waals surface area contributed by atoms with Crippen LogP contribution in [-0.4, -0.2) is 31.3 Å². The molecule has 0 saturated carbocycles. The van der Waals surface area contributed by atoms with Crippen LogP contribution in [0.5, 0.6) is 0 Å². The molecule has 5 nitrogen and oxygen atoms in total. The van der Waals surface area contributed by atoms with E-state index in [0.717, 1.165) is 31.4 Å². The van der Waals surface area contributed by atoms with Crippen molar-refractivity contribution in [1.29, 1.82) is 0 Å². The SMILES string of the molecule is COCCCCNCc1c(C(=O)O)oc2ccccc12. The van der Waals surface area contributed by atoms with Crippen molar-refractivity contribution in [3.8, 4) is 0 Å². The first-order valence-electron chi connectivity index (χ1n) is 6.67. The van der Waals surface area contributed by atoms with Gasteiger partial charge < -0.3 is 19.6 Å². The summed E-state index contributed by atoms with van der Waals surface area (Å²) in [7, 11) is 1.68. The number of unbranched alkanes of at least 4 members (excludes halogenated alkanes) is 1. The second-order valence-corrected chi connectivity index (χ2v) is 4.59. The normalized spacial score (nSPS) is 11.1. The Morgan fingerprint density at radius 2 is 2.15 bits per heavy atom. The van der Waals surface area contributed by atoms with E-state index in [2.05, 4.69) is 5.32 Å². The molecule has 0 amide bonds. The molecule has 2 rings (SSSR count). The molecule has 0 aliphatic carbocycles. The number of aromatic carboxylic acids is 1. The topological polar surface area (TPSA) is 71.7 Å². The molecular weight excluding hydrogens is 258 g/mol. The zero-order chi connectivity index (χ0) is 14.4. The third-order valence-corrected chi connectivity index (χ3v) is 3.15. The van der Waals surface area contributed by atoms with E-state index in [4.69, 9.17) is 9.15 Å². The molecule has 0 aliphatic heterocycles. The highest BCUT2D eigenvalue weighted by Crippen LogP contribution is 2.25. The Morgan fingerprint density at radius 3 is 2.90 bits per heavy atom. The Labute approximate surface area is 117 Å². The Morgan fingerprint density at radius 1 is 1.35 bits per heavy atom. The van der Waals surface area contributed by atoms with Gasteiger partial charge in [0.1, 0.15) is 5.58 Å². The Hall–Kier alpha value is -1.85. The monoisotopic (exact) mass is 277 g/mol. The minimum atomic E-state index is -1.03. The molecule has 0 bridgehead atoms. The number of hydrogen-bond acceptors (Lipinski definition) is 4. The smallest absolute Gasteiger partial charge is 0.372 e. The Balaban J connectivity index is 2.04. The molecule has 2 N–H and O–H groups in total. The molecule has 20 heavy (non-hydrogen) atoms. The molecule has 0 aliphatic rings. The zero-order valence-electron chi connectivity index (χ0n) is 11.5. The van der Waals surface area contributed by atoms with Gasteiger partial charge in [0.2, 0.25) is 5.76 Å². The van der Waals surface area contributed by atoms with E-state index in [0.29, 0.717) is 17.7 Å². The maximum Gasteiger partial charge on any atom is 0.372 e. The highest BCUT2D eigenvalue weighted by molar-refractivity contribution is 5.95. The van der Waals surface area contributed by atoms with Crippen LogP contribution in [0.15, 0.2) is 28.7 Å². The molecule has 0 atom stereocenters. The quantitative estimate of drug-likeness (QED) is 0.726. The van der Waals surface area contributed by atoms with Crippen molar-refractivity contribution in [2.45, 2.75) is 19.4 Å². The van der Waals surface area contributed by atoms with Gasteiger partial charge in [-0.2, -0.15) is 0 Å². The highest BCUT2D eigenvalue weighted by atomic mass is 16.5. The first kappa shape index (κ1) is 14.6. The van der Waals surface area contributed by atoms with Crippen molar-refractivity contribution < 1.29 is 19.1 Å². The molecule has 1 aromatic heterocycles. The van der Waals surface area contributed by atoms with Gasteiger partial charge in [-0.3, -0.25) is 0 Å². The molecule has 0 unspecified atom stereocenters. The van der Waals surface area contributed by atoms with E-state index in [1.54, 1.807) is 13.2 Å². The summed E-state index contributed by atoms with van der Waals surface area (Å²) in [5.74, 6) is -1.01. The molecule has 0 radical (unpaired) electrons. The molecule has 0 fully saturated rings. The van der Waals surface area contributed by atoms with E-state index >= 15 is 0 Å². The molecule has 1 heterocycles. The van der Waals surface area contributed by atoms with Crippen molar-refractivity contribution in [3.63, 3.8) is 0 Å². The van der Waals surface area contributed by atoms with Crippen molar-refractivity contribution in [1.82, 2.24) is 5.32 Å². The Bertz CT molecular complexity index is 576. The number of fused-ring (bicyclic) bond motifs is 1. The van der Waals surface area contributed by atoms with Gasteiger partial charge in [0.25, 0.3) is 0 Å². The standard InChI is InChI=1S/C15H19NO4/c1-19-9-5-4-8-16-10-12-11-6-2-3-7-13(11)20-14(12)15(17)18/h2-3,6-7,16H,4-5,8-10H2,1H3,(H,17,18). The van der Waals surface area contributed by atoms with Gasteiger partial charge in [-0.05, 0) is 25.5 Å². The summed E-state index contributed by atoms with van der Waals surface area (Å²) in [6, 6.07) is 7.38. The largest absolute Gasteiger partial charge is 0.475 e. The van der Waals surface area contributed by atoms with Crippen LogP contribution < -0.4 is 5.32 Å². The van der Waals surface area contributed by atoms with E-state index in [1.165, 1.54) is 0 Å². The second kappa shape index (κ2) is 7.07. The number of para-hydroxylation sites is 1. The number of carboxylic acids is 1. The van der Waals surface area contributed by atoms with Crippen LogP contribution in [0.25, 0.3) is 11.0 Å². The summed E-state index contributed by atoms with van der Waals surface area (Å²) in [5.41, 5.74) is 1.32. The number of carbonyl (C=O) groups is 1. The summed E-state index contributed by atoms with van der Waals surface area (Å²) in [6.45, 7) is 2.06. The van der Waals surface area contributed by atoms with Crippen LogP contribution in [0, 0.1) is 0 Å². The zero-order valence-corrected chi connectivity index (χ0v) is 11.5. The summed E-state index contributed by atoms with van der Waals surface area (Å²) < 4.78 is 10.4. The second-order valence-electron chi connectivity index (χ2n) is 4.59. The van der Waals surface area contributed by atoms with Gasteiger partial charge in [-0.1, -0.05) is 18.2 Å². The number of ether oxygens (including phenoxy) is 1. The van der Waals surface area contributed by atoms with Crippen LogP contribution in [-0.2, 0) is 11.3 Å². The lowest BCUT2D eigenvalue weighted by molar-refractivity contribution is 0.0663. The number of hydrogen-bond donors (Lipinski definition) is 2. The Kier molecular flexibility index (Phi) is 5.15. The van der Waals surface area contributed by atoms with Crippen LogP contribution in [0.1, 0.15) is 29.0 Å². The summed E-state index contributed by atoms with van der Waals surface area (Å²) in [6.07, 6.45) is 1.98. The van der Waals surface area contributed by atoms with E-state index < -0.39 is 5.97 Å². The van der Waals surface area contributed by atoms with E-state index in [9.17, 15) is 9.90 Å². The fraction of sp³-hybridized carbons (Fsp3) is 0.400. The fourth-order valence-electron chi connectivity index (χ4n) is 2.16. The molecular formula is C15H19NO4. The molecule has 2 aromatic rings. The molecule has 108 valence electrons. The lowest BCUT2D eigenvalue weighted by atomic mass is 10.1. The lowest BCUT2D eigenvalue weighted by Crippen LogP contribution is -2.16. The third-order valence-electron chi connectivity index (χ3n) is 3.15. The highest BCUT2D eigenvalue weighted by Gasteiger charge is 2.18. The van der Waals surface area contributed by atoms with Crippen molar-refractivity contribution >= 4 is 16.9 Å². The van der Waals surface area contributed by atoms with Crippen LogP contribution in [0.2, 0.25) is 0 Å². The third kappa shape index (κ3) is 3.37. The molecule has 0 saturated heterocycles. The van der Waals surface area contributed by atoms with Crippen molar-refractivity contribution in [2.75, 3.05) is 20.3 Å². The number of rotatable bonds is 8. The fourth-order valence-corrected chi connectivity index (χ4v) is 2.16. The van der Waals surface area contributed by atoms with Gasteiger partial charge in [0.05, 0.1) is 0 Å². The van der Waals surface area contributed by atoms with Gasteiger partial charge >= 0.3 is 5.97 Å². The summed E-state index contributed by atoms with van der Waals surface area (Å²) >= 11 is 0. The van der Waals surface area contributed by atoms with Gasteiger partial charge in [0, 0.05) is 31.2 Å². The van der Waals surface area contributed by atoms with Gasteiger partial charge in [-0.15, -0.1) is 0 Å². The maximum absolute atomic E-state index is 11.2. The summed E-state index contributed by atoms with van der Waals surface area (Å²) in [5, 5.41) is 13.3. The molecule has 5 heteroatoms. The van der Waals surface area contributed by atoms with Crippen LogP contribution in [0.3, 0.4) is 0 Å². The van der Waals surface area contributed by atoms with Crippen LogP contribution in [0.4, 0.5) is 0 Å². The number of furan rings is 1. The number of benzene rings is 1. The molecule has 1 aromatic carbocycles. The number of carboxylic acid groups (broad SMARTS) is 1. The summed E-state index contributed by atoms with van der Waals surface area (Å²) in [4.78, 5) is 11.2. The molecule has 0 spiro atoms. The predicted octanol–water partition coefficient (Wildman–Crippen LogP) is 2.65. The van der Waals surface area contributed by atoms with Crippen molar-refractivity contribution in [2.24, 2.45) is 0 Å². The minimum absolute atomic E-state index is 0.0237. The average Bonchev–Trinajstić information content (AvgIpc) is 2.82. The average molecular weight is 277 g/mol. The van der Waals surface area contributed by atoms with Gasteiger partial charge in [-0.25, -0.2) is 4.79 Å². The van der Waals surface area contributed by atoms with Gasteiger partial charge in [0.15, 0.2) is 0 Å². The van der Waals surface area contributed by atoms with Crippen LogP contribution >= 0.6 is 0 Å².